The molecular weight excluding hydrogens is 575 g/mol. The minimum atomic E-state index is -4.79. The third kappa shape index (κ3) is 17.2. The summed E-state index contributed by atoms with van der Waals surface area (Å²) in [6.45, 7) is 11.2. The predicted octanol–water partition coefficient (Wildman–Crippen LogP) is 9.31. The van der Waals surface area contributed by atoms with E-state index in [1.165, 1.54) is 11.6 Å². The normalized spacial score (nSPS) is 12.1. The van der Waals surface area contributed by atoms with Gasteiger partial charge in [0.1, 0.15) is 23.3 Å². The number of nitrogens with zero attached hydrogens (tertiary/aromatic N) is 3. The van der Waals surface area contributed by atoms with Gasteiger partial charge in [-0.15, -0.1) is 0 Å². The van der Waals surface area contributed by atoms with Gasteiger partial charge in [-0.05, 0) is 56.5 Å². The van der Waals surface area contributed by atoms with Crippen LogP contribution < -0.4 is 10.7 Å². The van der Waals surface area contributed by atoms with Gasteiger partial charge in [-0.1, -0.05) is 73.7 Å². The highest BCUT2D eigenvalue weighted by Gasteiger charge is 2.34. The Bertz CT molecular complexity index is 1370. The maximum Gasteiger partial charge on any atom is 0.419 e. The highest BCUT2D eigenvalue weighted by Crippen LogP contribution is 2.33. The summed E-state index contributed by atoms with van der Waals surface area (Å²) >= 11 is 0. The Morgan fingerprint density at radius 2 is 1.47 bits per heavy atom. The van der Waals surface area contributed by atoms with Crippen LogP contribution in [0.5, 0.6) is 0 Å². The molecule has 0 spiro atoms. The predicted molar refractivity (Wildman–Crippen MR) is 160 cm³/mol. The molecule has 0 radical (unpaired) electrons. The van der Waals surface area contributed by atoms with Gasteiger partial charge in [0.2, 0.25) is 0 Å². The van der Waals surface area contributed by atoms with Gasteiger partial charge in [0.05, 0.1) is 11.8 Å². The summed E-state index contributed by atoms with van der Waals surface area (Å²) in [7, 11) is 0. The maximum atomic E-state index is 13.4. The van der Waals surface area contributed by atoms with E-state index in [0.717, 1.165) is 23.6 Å². The molecule has 3 aromatic carbocycles. The van der Waals surface area contributed by atoms with Crippen molar-refractivity contribution >= 4 is 23.6 Å². The lowest BCUT2D eigenvalue weighted by atomic mass is 10.2. The molecule has 0 aliphatic heterocycles. The van der Waals surface area contributed by atoms with Crippen LogP contribution in [0.25, 0.3) is 0 Å². The number of hydrazone groups is 1. The Balaban J connectivity index is 0.000000584. The van der Waals surface area contributed by atoms with Crippen molar-refractivity contribution in [1.29, 1.82) is 0 Å². The second kappa shape index (κ2) is 17.5. The molecule has 0 aromatic heterocycles. The van der Waals surface area contributed by atoms with E-state index in [4.69, 9.17) is 0 Å². The fourth-order valence-electron chi connectivity index (χ4n) is 3.09. The third-order valence-electron chi connectivity index (χ3n) is 4.96. The quantitative estimate of drug-likeness (QED) is 0.127. The molecule has 0 aliphatic carbocycles. The summed E-state index contributed by atoms with van der Waals surface area (Å²) in [5.74, 6) is -0.546. The van der Waals surface area contributed by atoms with Crippen molar-refractivity contribution in [3.8, 4) is 0 Å². The van der Waals surface area contributed by atoms with Gasteiger partial charge >= 0.3 is 12.4 Å². The van der Waals surface area contributed by atoms with Gasteiger partial charge in [0, 0.05) is 12.6 Å². The summed E-state index contributed by atoms with van der Waals surface area (Å²) < 4.78 is 82.8. The van der Waals surface area contributed by atoms with E-state index in [0.29, 0.717) is 11.9 Å². The van der Waals surface area contributed by atoms with E-state index in [1.807, 2.05) is 37.3 Å². The number of hydrogen-bond acceptors (Lipinski definition) is 3. The largest absolute Gasteiger partial charge is 0.419 e. The molecule has 0 unspecified atom stereocenters. The number of anilines is 1. The van der Waals surface area contributed by atoms with Crippen molar-refractivity contribution < 1.29 is 30.7 Å². The third-order valence-corrected chi connectivity index (χ3v) is 4.96. The van der Waals surface area contributed by atoms with E-state index >= 15 is 0 Å². The molecule has 12 heteroatoms. The molecule has 0 saturated carbocycles. The van der Waals surface area contributed by atoms with Crippen molar-refractivity contribution in [3.05, 3.63) is 113 Å². The highest BCUT2D eigenvalue weighted by molar-refractivity contribution is 6.02. The Hall–Kier alpha value is -4.48. The molecule has 3 aromatic rings. The molecule has 0 heterocycles. The molecule has 0 atom stereocenters. The zero-order chi connectivity index (χ0) is 32.6. The minimum absolute atomic E-state index is 0.0532. The number of halogens is 7. The number of alkyl halides is 6. The summed E-state index contributed by atoms with van der Waals surface area (Å²) in [6.07, 6.45) is -6.04. The molecule has 0 fully saturated rings. The highest BCUT2D eigenvalue weighted by atomic mass is 19.4. The van der Waals surface area contributed by atoms with Crippen molar-refractivity contribution in [3.63, 3.8) is 0 Å². The second-order valence-corrected chi connectivity index (χ2v) is 9.02. The smallest absolute Gasteiger partial charge is 0.344 e. The number of rotatable bonds is 6. The van der Waals surface area contributed by atoms with Crippen LogP contribution in [-0.4, -0.2) is 24.1 Å². The zero-order valence-corrected chi connectivity index (χ0v) is 24.4. The summed E-state index contributed by atoms with van der Waals surface area (Å²) in [6, 6.07) is 20.8. The van der Waals surface area contributed by atoms with Crippen LogP contribution in [0.15, 0.2) is 100 Å². The van der Waals surface area contributed by atoms with Gasteiger partial charge in [-0.25, -0.2) is 14.4 Å². The standard InChI is InChI=1S/C21H21F4N5.C8H10.C2H3F3/c1-13-5-7-17(8-6-13)12-26-30-16(4)28-14(2)27-15(3)29-18-9-10-20(22)19(11-18)21(23,24)25;1-2-8-6-4-3-5-7-8;1-2(3,4)5/h5-12,30H,4H2,1-3H3,(H,27,28,29);3-7H,2H2,1H3;1H3/b26-12+;;. The summed E-state index contributed by atoms with van der Waals surface area (Å²) in [4.78, 5) is 8.23. The van der Waals surface area contributed by atoms with E-state index in [-0.39, 0.29) is 24.3 Å². The molecule has 0 amide bonds. The Kier molecular flexibility index (Phi) is 14.8. The number of hydrogen-bond donors (Lipinski definition) is 2. The van der Waals surface area contributed by atoms with E-state index in [2.05, 4.69) is 63.6 Å². The van der Waals surface area contributed by atoms with Crippen LogP contribution in [-0.2, 0) is 12.6 Å². The SMILES string of the molecule is C=C(/N=C(/C)N=C(C)Nc1ccc(F)c(C(F)(F)F)c1)N/N=C/c1ccc(C)cc1.CC(F)(F)F.CCc1ccccc1. The number of benzene rings is 3. The monoisotopic (exact) mass is 609 g/mol. The number of aryl methyl sites for hydroxylation is 2. The van der Waals surface area contributed by atoms with Gasteiger partial charge in [0.25, 0.3) is 0 Å². The molecule has 43 heavy (non-hydrogen) atoms. The molecule has 5 nitrogen and oxygen atoms in total. The molecular formula is C31H34F7N5. The fraction of sp³-hybridized carbons (Fsp3) is 0.258. The summed E-state index contributed by atoms with van der Waals surface area (Å²) in [5.41, 5.74) is 4.81. The molecule has 0 bridgehead atoms. The summed E-state index contributed by atoms with van der Waals surface area (Å²) in [5, 5.41) is 6.70. The van der Waals surface area contributed by atoms with Crippen LogP contribution in [0.2, 0.25) is 0 Å². The van der Waals surface area contributed by atoms with Crippen molar-refractivity contribution in [2.24, 2.45) is 15.1 Å². The number of nitrogens with one attached hydrogen (secondary N) is 2. The second-order valence-electron chi connectivity index (χ2n) is 9.02. The first-order valence-electron chi connectivity index (χ1n) is 12.9. The average molecular weight is 610 g/mol. The van der Waals surface area contributed by atoms with Crippen LogP contribution in [0.1, 0.15) is 49.9 Å². The lowest BCUT2D eigenvalue weighted by Crippen LogP contribution is -2.13. The fourth-order valence-corrected chi connectivity index (χ4v) is 3.09. The lowest BCUT2D eigenvalue weighted by Gasteiger charge is -2.11. The molecule has 0 aliphatic rings. The van der Waals surface area contributed by atoms with Crippen molar-refractivity contribution in [2.75, 3.05) is 5.32 Å². The van der Waals surface area contributed by atoms with Crippen LogP contribution >= 0.6 is 0 Å². The zero-order valence-electron chi connectivity index (χ0n) is 24.4. The number of aliphatic imine (C=N–C) groups is 2. The lowest BCUT2D eigenvalue weighted by molar-refractivity contribution is -0.139. The first kappa shape index (κ1) is 36.5. The van der Waals surface area contributed by atoms with Gasteiger partial charge in [-0.3, -0.25) is 5.43 Å². The van der Waals surface area contributed by atoms with Crippen molar-refractivity contribution in [1.82, 2.24) is 5.43 Å². The van der Waals surface area contributed by atoms with Crippen molar-refractivity contribution in [2.45, 2.75) is 53.4 Å². The Morgan fingerprint density at radius 1 is 0.884 bits per heavy atom. The average Bonchev–Trinajstić information content (AvgIpc) is 2.90. The van der Waals surface area contributed by atoms with E-state index in [1.54, 1.807) is 20.1 Å². The first-order chi connectivity index (χ1) is 20.0. The molecule has 2 N–H and O–H groups in total. The van der Waals surface area contributed by atoms with Gasteiger partial charge < -0.3 is 5.32 Å². The molecule has 232 valence electrons. The maximum absolute atomic E-state index is 13.4. The van der Waals surface area contributed by atoms with Crippen LogP contribution in [0, 0.1) is 12.7 Å². The molecule has 0 saturated heterocycles. The topological polar surface area (TPSA) is 61.1 Å². The Morgan fingerprint density at radius 3 is 1.98 bits per heavy atom. The van der Waals surface area contributed by atoms with Gasteiger partial charge in [-0.2, -0.15) is 31.4 Å². The van der Waals surface area contributed by atoms with E-state index < -0.39 is 23.7 Å². The van der Waals surface area contributed by atoms with Crippen LogP contribution in [0.3, 0.4) is 0 Å². The Labute approximate surface area is 247 Å². The molecule has 3 rings (SSSR count). The van der Waals surface area contributed by atoms with Crippen LogP contribution in [0.4, 0.5) is 36.4 Å². The van der Waals surface area contributed by atoms with E-state index in [9.17, 15) is 30.7 Å². The first-order valence-corrected chi connectivity index (χ1v) is 12.9. The van der Waals surface area contributed by atoms with Gasteiger partial charge in [0.15, 0.2) is 0 Å². The minimum Gasteiger partial charge on any atom is -0.344 e. The number of amidine groups is 2.